The highest BCUT2D eigenvalue weighted by Gasteiger charge is 2.12. The van der Waals surface area contributed by atoms with Crippen molar-refractivity contribution in [3.63, 3.8) is 0 Å². The molecule has 72 valence electrons. The van der Waals surface area contributed by atoms with Crippen molar-refractivity contribution >= 4 is 11.8 Å². The summed E-state index contributed by atoms with van der Waals surface area (Å²) in [4.78, 5) is 12.7. The third-order valence-corrected chi connectivity index (χ3v) is 1.76. The van der Waals surface area contributed by atoms with Crippen molar-refractivity contribution in [2.24, 2.45) is 0 Å². The lowest BCUT2D eigenvalue weighted by atomic mass is 10.4. The maximum atomic E-state index is 11.3. The molecular formula is C9H13NO3. The van der Waals surface area contributed by atoms with E-state index in [1.165, 1.54) is 4.90 Å². The quantitative estimate of drug-likeness (QED) is 0.758. The number of carbonyl (C=O) groups excluding carboxylic acids is 1. The number of amides is 1. The summed E-state index contributed by atoms with van der Waals surface area (Å²) in [5.41, 5.74) is 0. The molecule has 1 rings (SSSR count). The summed E-state index contributed by atoms with van der Waals surface area (Å²) in [5.74, 6) is 1.12. The fraction of sp³-hybridized carbons (Fsp3) is 0.444. The number of rotatable bonds is 3. The summed E-state index contributed by atoms with van der Waals surface area (Å²) >= 11 is 0. The molecule has 0 aromatic carbocycles. The Kier molecular flexibility index (Phi) is 3.08. The highest BCUT2D eigenvalue weighted by atomic mass is 16.4. The zero-order valence-corrected chi connectivity index (χ0v) is 7.78. The van der Waals surface area contributed by atoms with Crippen LogP contribution in [0, 0.1) is 6.92 Å². The fourth-order valence-electron chi connectivity index (χ4n) is 0.988. The zero-order valence-electron chi connectivity index (χ0n) is 7.78. The van der Waals surface area contributed by atoms with E-state index in [1.54, 1.807) is 19.2 Å². The minimum atomic E-state index is -0.156. The smallest absolute Gasteiger partial charge is 0.231 e. The fourth-order valence-corrected chi connectivity index (χ4v) is 0.988. The van der Waals surface area contributed by atoms with Gasteiger partial charge in [-0.1, -0.05) is 0 Å². The summed E-state index contributed by atoms with van der Waals surface area (Å²) in [7, 11) is 1.62. The molecule has 0 aliphatic carbocycles. The van der Waals surface area contributed by atoms with Crippen LogP contribution in [-0.4, -0.2) is 24.7 Å². The first-order valence-electron chi connectivity index (χ1n) is 4.09. The highest BCUT2D eigenvalue weighted by molar-refractivity contribution is 5.91. The number of hydrogen-bond acceptors (Lipinski definition) is 3. The van der Waals surface area contributed by atoms with Crippen LogP contribution in [0.4, 0.5) is 5.88 Å². The van der Waals surface area contributed by atoms with Crippen LogP contribution in [0.1, 0.15) is 12.2 Å². The standard InChI is InChI=1S/C9H13NO3/c1-7-3-4-9(13-7)10(2)8(12)5-6-11/h3-4,11H,5-6H2,1-2H3. The molecular weight excluding hydrogens is 170 g/mol. The van der Waals surface area contributed by atoms with Gasteiger partial charge >= 0.3 is 0 Å². The van der Waals surface area contributed by atoms with Gasteiger partial charge in [-0.05, 0) is 13.0 Å². The normalized spacial score (nSPS) is 10.1. The zero-order chi connectivity index (χ0) is 9.84. The number of nitrogens with zero attached hydrogens (tertiary/aromatic N) is 1. The van der Waals surface area contributed by atoms with Gasteiger partial charge in [0.2, 0.25) is 11.8 Å². The van der Waals surface area contributed by atoms with Gasteiger partial charge in [0.15, 0.2) is 0 Å². The Morgan fingerprint density at radius 1 is 1.62 bits per heavy atom. The minimum Gasteiger partial charge on any atom is -0.445 e. The van der Waals surface area contributed by atoms with Crippen LogP contribution in [0.25, 0.3) is 0 Å². The monoisotopic (exact) mass is 183 g/mol. The van der Waals surface area contributed by atoms with Crippen molar-refractivity contribution in [2.45, 2.75) is 13.3 Å². The second-order valence-electron chi connectivity index (χ2n) is 2.81. The molecule has 0 saturated carbocycles. The van der Waals surface area contributed by atoms with Crippen molar-refractivity contribution < 1.29 is 14.3 Å². The molecule has 1 aromatic rings. The third kappa shape index (κ3) is 2.32. The average molecular weight is 183 g/mol. The summed E-state index contributed by atoms with van der Waals surface area (Å²) in [6.45, 7) is 1.68. The predicted molar refractivity (Wildman–Crippen MR) is 48.6 cm³/mol. The number of furan rings is 1. The second-order valence-corrected chi connectivity index (χ2v) is 2.81. The van der Waals surface area contributed by atoms with E-state index in [9.17, 15) is 4.79 Å². The van der Waals surface area contributed by atoms with Crippen molar-refractivity contribution in [1.29, 1.82) is 0 Å². The minimum absolute atomic E-state index is 0.121. The van der Waals surface area contributed by atoms with Crippen LogP contribution in [-0.2, 0) is 4.79 Å². The lowest BCUT2D eigenvalue weighted by molar-refractivity contribution is -0.119. The van der Waals surface area contributed by atoms with E-state index < -0.39 is 0 Å². The molecule has 4 heteroatoms. The first-order chi connectivity index (χ1) is 6.15. The van der Waals surface area contributed by atoms with Gasteiger partial charge in [-0.3, -0.25) is 9.69 Å². The van der Waals surface area contributed by atoms with Crippen molar-refractivity contribution in [2.75, 3.05) is 18.6 Å². The van der Waals surface area contributed by atoms with Crippen molar-refractivity contribution in [3.05, 3.63) is 17.9 Å². The van der Waals surface area contributed by atoms with E-state index in [0.717, 1.165) is 5.76 Å². The van der Waals surface area contributed by atoms with Crippen LogP contribution in [0.3, 0.4) is 0 Å². The van der Waals surface area contributed by atoms with Gasteiger partial charge in [-0.2, -0.15) is 0 Å². The lowest BCUT2D eigenvalue weighted by Crippen LogP contribution is -2.26. The van der Waals surface area contributed by atoms with Crippen molar-refractivity contribution in [1.82, 2.24) is 0 Å². The molecule has 0 saturated heterocycles. The number of anilines is 1. The third-order valence-electron chi connectivity index (χ3n) is 1.76. The van der Waals surface area contributed by atoms with Gasteiger partial charge in [0.05, 0.1) is 13.0 Å². The van der Waals surface area contributed by atoms with Crippen LogP contribution < -0.4 is 4.90 Å². The molecule has 1 amide bonds. The molecule has 1 aromatic heterocycles. The average Bonchev–Trinajstić information content (AvgIpc) is 2.51. The van der Waals surface area contributed by atoms with Crippen molar-refractivity contribution in [3.8, 4) is 0 Å². The summed E-state index contributed by atoms with van der Waals surface area (Å²) < 4.78 is 5.24. The number of aliphatic hydroxyl groups excluding tert-OH is 1. The lowest BCUT2D eigenvalue weighted by Gasteiger charge is -2.12. The van der Waals surface area contributed by atoms with Gasteiger partial charge in [-0.25, -0.2) is 0 Å². The van der Waals surface area contributed by atoms with Crippen LogP contribution in [0.2, 0.25) is 0 Å². The number of carbonyl (C=O) groups is 1. The van der Waals surface area contributed by atoms with Gasteiger partial charge in [-0.15, -0.1) is 0 Å². The predicted octanol–water partition coefficient (Wildman–Crippen LogP) is 0.933. The molecule has 0 atom stereocenters. The van der Waals surface area contributed by atoms with E-state index in [2.05, 4.69) is 0 Å². The van der Waals surface area contributed by atoms with E-state index in [1.807, 2.05) is 6.92 Å². The van der Waals surface area contributed by atoms with E-state index in [0.29, 0.717) is 5.88 Å². The summed E-state index contributed by atoms with van der Waals surface area (Å²) in [5, 5.41) is 8.56. The Hall–Kier alpha value is -1.29. The van der Waals surface area contributed by atoms with Gasteiger partial charge in [0.25, 0.3) is 0 Å². The number of hydrogen-bond donors (Lipinski definition) is 1. The Balaban J connectivity index is 2.67. The van der Waals surface area contributed by atoms with Gasteiger partial charge in [0, 0.05) is 13.1 Å². The Bertz CT molecular complexity index is 293. The summed E-state index contributed by atoms with van der Waals surface area (Å²) in [6, 6.07) is 3.52. The molecule has 1 N–H and O–H groups in total. The topological polar surface area (TPSA) is 53.7 Å². The number of aliphatic hydroxyl groups is 1. The molecule has 4 nitrogen and oxygen atoms in total. The van der Waals surface area contributed by atoms with E-state index in [4.69, 9.17) is 9.52 Å². The molecule has 0 aliphatic heterocycles. The second kappa shape index (κ2) is 4.09. The molecule has 0 aliphatic rings. The Morgan fingerprint density at radius 2 is 2.31 bits per heavy atom. The van der Waals surface area contributed by atoms with E-state index in [-0.39, 0.29) is 18.9 Å². The van der Waals surface area contributed by atoms with Crippen LogP contribution >= 0.6 is 0 Å². The molecule has 0 spiro atoms. The number of aryl methyl sites for hydroxylation is 1. The molecule has 13 heavy (non-hydrogen) atoms. The van der Waals surface area contributed by atoms with Crippen LogP contribution in [0.5, 0.6) is 0 Å². The maximum absolute atomic E-state index is 11.3. The molecule has 0 fully saturated rings. The van der Waals surface area contributed by atoms with E-state index >= 15 is 0 Å². The molecule has 1 heterocycles. The summed E-state index contributed by atoms with van der Waals surface area (Å²) in [6.07, 6.45) is 0.121. The SMILES string of the molecule is Cc1ccc(N(C)C(=O)CCO)o1. The van der Waals surface area contributed by atoms with Gasteiger partial charge in [0.1, 0.15) is 5.76 Å². The first kappa shape index (κ1) is 9.80. The highest BCUT2D eigenvalue weighted by Crippen LogP contribution is 2.16. The Morgan fingerprint density at radius 3 is 2.77 bits per heavy atom. The Labute approximate surface area is 76.8 Å². The van der Waals surface area contributed by atoms with Crippen LogP contribution in [0.15, 0.2) is 16.5 Å². The molecule has 0 radical (unpaired) electrons. The largest absolute Gasteiger partial charge is 0.445 e. The van der Waals surface area contributed by atoms with Gasteiger partial charge < -0.3 is 9.52 Å². The maximum Gasteiger partial charge on any atom is 0.231 e. The first-order valence-corrected chi connectivity index (χ1v) is 4.09. The molecule has 0 bridgehead atoms. The molecule has 0 unspecified atom stereocenters.